The van der Waals surface area contributed by atoms with Gasteiger partial charge < -0.3 is 9.15 Å². The van der Waals surface area contributed by atoms with Crippen LogP contribution in [0.25, 0.3) is 0 Å². The molecule has 5 aliphatic rings. The van der Waals surface area contributed by atoms with E-state index < -0.39 is 0 Å². The number of carbonyl (C=O) groups is 2. The highest BCUT2D eigenvalue weighted by Gasteiger charge is 2.66. The van der Waals surface area contributed by atoms with E-state index in [1.54, 1.807) is 0 Å². The highest BCUT2D eigenvalue weighted by atomic mass is 16.6. The van der Waals surface area contributed by atoms with Crippen molar-refractivity contribution in [3.8, 4) is 0 Å². The number of aryl methyl sites for hydroxylation is 1. The predicted octanol–water partition coefficient (Wildman–Crippen LogP) is 5.81. The lowest BCUT2D eigenvalue weighted by Gasteiger charge is -2.56. The van der Waals surface area contributed by atoms with E-state index in [1.165, 1.54) is 11.1 Å². The average molecular weight is 421 g/mol. The summed E-state index contributed by atoms with van der Waals surface area (Å²) in [5, 5.41) is 0. The summed E-state index contributed by atoms with van der Waals surface area (Å²) < 4.78 is 12.3. The monoisotopic (exact) mass is 420 g/mol. The quantitative estimate of drug-likeness (QED) is 0.425. The molecule has 164 valence electrons. The fraction of sp³-hybridized carbons (Fsp3) is 0.630. The highest BCUT2D eigenvalue weighted by Crippen LogP contribution is 2.70. The number of hydrogen-bond donors (Lipinski definition) is 0. The number of fused-ring (bicyclic) bond motifs is 6. The van der Waals surface area contributed by atoms with Gasteiger partial charge in [0.05, 0.1) is 0 Å². The van der Waals surface area contributed by atoms with Crippen LogP contribution in [0.4, 0.5) is 0 Å². The van der Waals surface area contributed by atoms with Gasteiger partial charge in [-0.15, -0.1) is 0 Å². The molecule has 1 saturated heterocycles. The molecule has 4 aliphatic carbocycles. The van der Waals surface area contributed by atoms with Gasteiger partial charge in [-0.1, -0.05) is 31.1 Å². The van der Waals surface area contributed by atoms with Crippen LogP contribution >= 0.6 is 0 Å². The Morgan fingerprint density at radius 1 is 1.06 bits per heavy atom. The molecule has 0 aromatic carbocycles. The van der Waals surface area contributed by atoms with Crippen LogP contribution in [-0.2, 0) is 14.3 Å². The largest absolute Gasteiger partial charge is 0.466 e. The minimum atomic E-state index is -0.306. The van der Waals surface area contributed by atoms with Crippen molar-refractivity contribution in [1.82, 2.24) is 0 Å². The fourth-order valence-electron chi connectivity index (χ4n) is 8.08. The van der Waals surface area contributed by atoms with Crippen LogP contribution in [0.5, 0.6) is 0 Å². The van der Waals surface area contributed by atoms with Gasteiger partial charge in [-0.05, 0) is 75.5 Å². The van der Waals surface area contributed by atoms with Crippen LogP contribution < -0.4 is 0 Å². The minimum absolute atomic E-state index is 0.0264. The number of esters is 1. The van der Waals surface area contributed by atoms with E-state index in [2.05, 4.69) is 32.1 Å². The fourth-order valence-corrected chi connectivity index (χ4v) is 8.08. The molecule has 1 aromatic rings. The molecule has 1 aromatic heterocycles. The molecule has 2 saturated carbocycles. The van der Waals surface area contributed by atoms with Crippen LogP contribution in [0.2, 0.25) is 0 Å². The average Bonchev–Trinajstić information content (AvgIpc) is 3.41. The van der Waals surface area contributed by atoms with Crippen molar-refractivity contribution < 1.29 is 18.7 Å². The Balaban J connectivity index is 1.50. The Bertz CT molecular complexity index is 1040. The number of ketones is 1. The molecule has 1 aliphatic heterocycles. The van der Waals surface area contributed by atoms with E-state index in [-0.39, 0.29) is 34.1 Å². The molecule has 6 rings (SSSR count). The molecule has 0 N–H and O–H groups in total. The summed E-state index contributed by atoms with van der Waals surface area (Å²) in [7, 11) is 0. The highest BCUT2D eigenvalue weighted by molar-refractivity contribution is 5.92. The van der Waals surface area contributed by atoms with E-state index >= 15 is 0 Å². The van der Waals surface area contributed by atoms with Gasteiger partial charge in [0.25, 0.3) is 0 Å². The molecular formula is C27H32O4. The SMILES string of the molecule is Cc1ccc([C@@H]2CC3=CC(=O)CCC3(C)C3=CC[C@@]4(C)C(CC[C@@]45CCC(=O)O5)C32)o1. The van der Waals surface area contributed by atoms with Gasteiger partial charge in [-0.2, -0.15) is 0 Å². The molecule has 31 heavy (non-hydrogen) atoms. The Labute approximate surface area is 184 Å². The number of ether oxygens (including phenoxy) is 1. The summed E-state index contributed by atoms with van der Waals surface area (Å²) in [6.07, 6.45) is 11.3. The molecule has 3 fully saturated rings. The third-order valence-electron chi connectivity index (χ3n) is 9.85. The van der Waals surface area contributed by atoms with E-state index in [9.17, 15) is 9.59 Å². The summed E-state index contributed by atoms with van der Waals surface area (Å²) in [5.41, 5.74) is 2.43. The molecule has 4 heteroatoms. The number of carbonyl (C=O) groups excluding carboxylic acids is 2. The Kier molecular flexibility index (Phi) is 3.94. The Hall–Kier alpha value is -2.10. The molecule has 1 spiro atoms. The molecular weight excluding hydrogens is 388 g/mol. The maximum Gasteiger partial charge on any atom is 0.306 e. The first-order valence-corrected chi connectivity index (χ1v) is 12.0. The molecule has 6 atom stereocenters. The molecule has 0 radical (unpaired) electrons. The maximum absolute atomic E-state index is 12.3. The summed E-state index contributed by atoms with van der Waals surface area (Å²) >= 11 is 0. The normalized spacial score (nSPS) is 43.8. The first-order valence-electron chi connectivity index (χ1n) is 12.0. The van der Waals surface area contributed by atoms with E-state index in [1.807, 2.05) is 13.0 Å². The Morgan fingerprint density at radius 2 is 1.90 bits per heavy atom. The lowest BCUT2D eigenvalue weighted by Crippen LogP contribution is -2.52. The Morgan fingerprint density at radius 3 is 2.61 bits per heavy atom. The van der Waals surface area contributed by atoms with Crippen LogP contribution in [0.3, 0.4) is 0 Å². The molecule has 0 amide bonds. The zero-order chi connectivity index (χ0) is 21.6. The van der Waals surface area contributed by atoms with E-state index in [4.69, 9.17) is 9.15 Å². The predicted molar refractivity (Wildman–Crippen MR) is 116 cm³/mol. The van der Waals surface area contributed by atoms with Crippen molar-refractivity contribution in [2.45, 2.75) is 83.7 Å². The topological polar surface area (TPSA) is 56.5 Å². The van der Waals surface area contributed by atoms with Crippen LogP contribution in [0.1, 0.15) is 82.7 Å². The third kappa shape index (κ3) is 2.48. The molecule has 3 unspecified atom stereocenters. The van der Waals surface area contributed by atoms with Crippen LogP contribution in [-0.4, -0.2) is 17.4 Å². The van der Waals surface area contributed by atoms with Crippen molar-refractivity contribution in [2.75, 3.05) is 0 Å². The zero-order valence-corrected chi connectivity index (χ0v) is 18.8. The first-order chi connectivity index (χ1) is 14.8. The molecule has 0 bridgehead atoms. The van der Waals surface area contributed by atoms with Crippen molar-refractivity contribution in [3.63, 3.8) is 0 Å². The van der Waals surface area contributed by atoms with E-state index in [0.29, 0.717) is 24.7 Å². The summed E-state index contributed by atoms with van der Waals surface area (Å²) in [6, 6.07) is 4.20. The lowest BCUT2D eigenvalue weighted by molar-refractivity contribution is -0.160. The lowest BCUT2D eigenvalue weighted by atomic mass is 9.48. The third-order valence-corrected chi connectivity index (χ3v) is 9.85. The van der Waals surface area contributed by atoms with Crippen molar-refractivity contribution in [2.24, 2.45) is 22.7 Å². The van der Waals surface area contributed by atoms with Crippen LogP contribution in [0, 0.1) is 29.6 Å². The standard InChI is InChI=1S/C27H32O4/c1-16-4-5-22(30-16)19-15-17-14-18(28)6-10-25(17,2)20-7-11-26(3)21(24(19)20)8-12-27(26)13-9-23(29)31-27/h4-5,7,14,19,21,24H,6,8-13,15H2,1-3H3/t19-,21?,24?,25?,26-,27+/m0/s1. The smallest absolute Gasteiger partial charge is 0.306 e. The second-order valence-corrected chi connectivity index (χ2v) is 11.1. The number of furan rings is 1. The van der Waals surface area contributed by atoms with Gasteiger partial charge >= 0.3 is 5.97 Å². The first kappa shape index (κ1) is 19.6. The number of allylic oxidation sites excluding steroid dienone is 4. The van der Waals surface area contributed by atoms with Gasteiger partial charge in [0.1, 0.15) is 17.1 Å². The maximum atomic E-state index is 12.3. The van der Waals surface area contributed by atoms with Crippen LogP contribution in [0.15, 0.2) is 39.8 Å². The number of rotatable bonds is 1. The molecule has 2 heterocycles. The second kappa shape index (κ2) is 6.24. The summed E-state index contributed by atoms with van der Waals surface area (Å²) in [4.78, 5) is 24.5. The van der Waals surface area contributed by atoms with Gasteiger partial charge in [0, 0.05) is 29.6 Å². The zero-order valence-electron chi connectivity index (χ0n) is 18.8. The van der Waals surface area contributed by atoms with Crippen molar-refractivity contribution in [1.29, 1.82) is 0 Å². The second-order valence-electron chi connectivity index (χ2n) is 11.1. The van der Waals surface area contributed by atoms with Gasteiger partial charge in [-0.25, -0.2) is 0 Å². The van der Waals surface area contributed by atoms with Crippen molar-refractivity contribution in [3.05, 3.63) is 47.0 Å². The van der Waals surface area contributed by atoms with E-state index in [0.717, 1.165) is 50.0 Å². The molecule has 4 nitrogen and oxygen atoms in total. The number of hydrogen-bond acceptors (Lipinski definition) is 4. The summed E-state index contributed by atoms with van der Waals surface area (Å²) in [5.74, 6) is 3.29. The minimum Gasteiger partial charge on any atom is -0.466 e. The van der Waals surface area contributed by atoms with Gasteiger partial charge in [-0.3, -0.25) is 9.59 Å². The van der Waals surface area contributed by atoms with Crippen molar-refractivity contribution >= 4 is 11.8 Å². The van der Waals surface area contributed by atoms with Gasteiger partial charge in [0.15, 0.2) is 5.78 Å². The summed E-state index contributed by atoms with van der Waals surface area (Å²) in [6.45, 7) is 6.74. The van der Waals surface area contributed by atoms with Gasteiger partial charge in [0.2, 0.25) is 0 Å².